The van der Waals surface area contributed by atoms with Gasteiger partial charge in [-0.05, 0) is 81.6 Å². The molecule has 0 saturated heterocycles. The van der Waals surface area contributed by atoms with Crippen LogP contribution in [0.5, 0.6) is 0 Å². The van der Waals surface area contributed by atoms with E-state index in [1.54, 1.807) is 0 Å². The molecule has 3 heteroatoms. The Morgan fingerprint density at radius 3 is 2.77 bits per heavy atom. The average Bonchev–Trinajstić information content (AvgIpc) is 2.74. The van der Waals surface area contributed by atoms with Gasteiger partial charge in [0, 0.05) is 11.6 Å². The maximum atomic E-state index is 10.5. The fourth-order valence-corrected chi connectivity index (χ4v) is 5.79. The van der Waals surface area contributed by atoms with Crippen LogP contribution in [0, 0.1) is 29.1 Å². The van der Waals surface area contributed by atoms with E-state index < -0.39 is 0 Å². The van der Waals surface area contributed by atoms with Gasteiger partial charge in [-0.25, -0.2) is 0 Å². The third-order valence-electron chi connectivity index (χ3n) is 7.64. The monoisotopic (exact) mass is 422 g/mol. The molecule has 31 heavy (non-hydrogen) atoms. The van der Waals surface area contributed by atoms with E-state index in [4.69, 9.17) is 0 Å². The summed E-state index contributed by atoms with van der Waals surface area (Å²) < 4.78 is 0. The maximum Gasteiger partial charge on any atom is 0.0600 e. The molecule has 0 bridgehead atoms. The number of hydrogen-bond acceptors (Lipinski definition) is 3. The van der Waals surface area contributed by atoms with Gasteiger partial charge in [0.15, 0.2) is 0 Å². The highest BCUT2D eigenvalue weighted by molar-refractivity contribution is 5.62. The van der Waals surface area contributed by atoms with Crippen LogP contribution in [0.4, 0.5) is 0 Å². The summed E-state index contributed by atoms with van der Waals surface area (Å²) in [6.07, 6.45) is 8.96. The number of fused-ring (bicyclic) bond motifs is 1. The number of rotatable bonds is 6. The van der Waals surface area contributed by atoms with Crippen molar-refractivity contribution in [3.63, 3.8) is 0 Å². The molecule has 5 atom stereocenters. The van der Waals surface area contributed by atoms with Gasteiger partial charge in [0.2, 0.25) is 0 Å². The number of nitrogens with one attached hydrogen (secondary N) is 1. The van der Waals surface area contributed by atoms with Crippen LogP contribution < -0.4 is 5.32 Å². The lowest BCUT2D eigenvalue weighted by molar-refractivity contribution is -0.0587. The molecule has 4 unspecified atom stereocenters. The van der Waals surface area contributed by atoms with Gasteiger partial charge in [-0.2, -0.15) is 0 Å². The van der Waals surface area contributed by atoms with Crippen LogP contribution in [-0.2, 0) is 0 Å². The minimum Gasteiger partial charge on any atom is -0.393 e. The Hall–Kier alpha value is -1.60. The largest absolute Gasteiger partial charge is 0.393 e. The average molecular weight is 423 g/mol. The van der Waals surface area contributed by atoms with Crippen molar-refractivity contribution in [2.24, 2.45) is 17.3 Å². The summed E-state index contributed by atoms with van der Waals surface area (Å²) in [4.78, 5) is 2.10. The van der Waals surface area contributed by atoms with E-state index in [9.17, 15) is 5.11 Å². The van der Waals surface area contributed by atoms with Crippen LogP contribution >= 0.6 is 0 Å². The zero-order chi connectivity index (χ0) is 22.4. The van der Waals surface area contributed by atoms with Gasteiger partial charge in [0.1, 0.15) is 0 Å². The highest BCUT2D eigenvalue weighted by Crippen LogP contribution is 2.54. The van der Waals surface area contributed by atoms with Crippen LogP contribution in [0.3, 0.4) is 0 Å². The molecule has 1 aromatic rings. The second-order valence-corrected chi connectivity index (χ2v) is 10.2. The molecule has 1 aromatic carbocycles. The fraction of sp³-hybridized carbons (Fsp3) is 0.643. The minimum absolute atomic E-state index is 0.146. The molecule has 2 aliphatic rings. The second kappa shape index (κ2) is 10.8. The van der Waals surface area contributed by atoms with E-state index in [0.717, 1.165) is 37.9 Å². The molecule has 2 aliphatic carbocycles. The molecule has 0 aromatic heterocycles. The number of aliphatic hydroxyl groups is 1. The summed E-state index contributed by atoms with van der Waals surface area (Å²) in [7, 11) is 4.10. The van der Waals surface area contributed by atoms with Crippen LogP contribution in [0.15, 0.2) is 29.8 Å². The lowest BCUT2D eigenvalue weighted by Gasteiger charge is -2.55. The Kier molecular flexibility index (Phi) is 8.39. The molecular weight excluding hydrogens is 380 g/mol. The van der Waals surface area contributed by atoms with E-state index >= 15 is 0 Å². The van der Waals surface area contributed by atoms with Crippen molar-refractivity contribution in [1.29, 1.82) is 0 Å². The Morgan fingerprint density at radius 1 is 1.26 bits per heavy atom. The normalized spacial score (nSPS) is 31.9. The quantitative estimate of drug-likeness (QED) is 0.503. The zero-order valence-electron chi connectivity index (χ0n) is 20.2. The number of aliphatic hydroxyl groups excluding tert-OH is 1. The van der Waals surface area contributed by atoms with E-state index in [1.807, 2.05) is 0 Å². The van der Waals surface area contributed by atoms with Gasteiger partial charge < -0.3 is 10.4 Å². The number of benzene rings is 1. The molecule has 3 rings (SSSR count). The summed E-state index contributed by atoms with van der Waals surface area (Å²) >= 11 is 0. The van der Waals surface area contributed by atoms with Crippen molar-refractivity contribution in [3.8, 4) is 11.8 Å². The SMILES string of the molecule is CCCCNC1/C(=C/c2ccccc2C#CCN(C)C)CCC2C(C)C(O)CC[C@]12C. The Labute approximate surface area is 190 Å². The van der Waals surface area contributed by atoms with Crippen LogP contribution in [0.1, 0.15) is 70.4 Å². The molecule has 2 fully saturated rings. The van der Waals surface area contributed by atoms with E-state index in [1.165, 1.54) is 30.4 Å². The van der Waals surface area contributed by atoms with Crippen molar-refractivity contribution < 1.29 is 5.11 Å². The van der Waals surface area contributed by atoms with Crippen LogP contribution in [0.25, 0.3) is 6.08 Å². The van der Waals surface area contributed by atoms with Gasteiger partial charge in [-0.3, -0.25) is 4.90 Å². The predicted molar refractivity (Wildman–Crippen MR) is 132 cm³/mol. The Balaban J connectivity index is 1.94. The summed E-state index contributed by atoms with van der Waals surface area (Å²) in [6.45, 7) is 8.82. The molecule has 2 N–H and O–H groups in total. The molecule has 0 spiro atoms. The first-order valence-electron chi connectivity index (χ1n) is 12.2. The third-order valence-corrected chi connectivity index (χ3v) is 7.64. The Bertz CT molecular complexity index is 818. The third kappa shape index (κ3) is 5.61. The van der Waals surface area contributed by atoms with Gasteiger partial charge in [0.05, 0.1) is 12.6 Å². The second-order valence-electron chi connectivity index (χ2n) is 10.2. The highest BCUT2D eigenvalue weighted by atomic mass is 16.3. The smallest absolute Gasteiger partial charge is 0.0600 e. The van der Waals surface area contributed by atoms with Crippen molar-refractivity contribution in [1.82, 2.24) is 10.2 Å². The van der Waals surface area contributed by atoms with Crippen molar-refractivity contribution in [3.05, 3.63) is 41.0 Å². The summed E-state index contributed by atoms with van der Waals surface area (Å²) in [5.41, 5.74) is 4.06. The lowest BCUT2D eigenvalue weighted by atomic mass is 9.53. The van der Waals surface area contributed by atoms with Gasteiger partial charge in [0.25, 0.3) is 0 Å². The fourth-order valence-electron chi connectivity index (χ4n) is 5.79. The van der Waals surface area contributed by atoms with Gasteiger partial charge in [-0.1, -0.05) is 68.9 Å². The minimum atomic E-state index is -0.146. The molecule has 0 radical (unpaired) electrons. The first kappa shape index (κ1) is 24.1. The summed E-state index contributed by atoms with van der Waals surface area (Å²) in [5, 5.41) is 14.5. The van der Waals surface area contributed by atoms with Crippen LogP contribution in [0.2, 0.25) is 0 Å². The molecule has 0 heterocycles. The highest BCUT2D eigenvalue weighted by Gasteiger charge is 2.51. The van der Waals surface area contributed by atoms with Crippen molar-refractivity contribution in [2.45, 2.75) is 71.4 Å². The van der Waals surface area contributed by atoms with Crippen molar-refractivity contribution in [2.75, 3.05) is 27.2 Å². The number of unbranched alkanes of at least 4 members (excludes halogenated alkanes) is 1. The van der Waals surface area contributed by atoms with E-state index in [0.29, 0.717) is 17.9 Å². The first-order chi connectivity index (χ1) is 14.9. The van der Waals surface area contributed by atoms with Crippen LogP contribution in [-0.4, -0.2) is 49.3 Å². The van der Waals surface area contributed by atoms with Crippen molar-refractivity contribution >= 4 is 6.08 Å². The summed E-state index contributed by atoms with van der Waals surface area (Å²) in [5.74, 6) is 7.64. The van der Waals surface area contributed by atoms with Gasteiger partial charge in [-0.15, -0.1) is 0 Å². The number of hydrogen-bond donors (Lipinski definition) is 2. The standard InChI is InChI=1S/C28H42N2O/c1-6-7-18-29-27-24(14-15-25-21(2)26(31)16-17-28(25,27)3)20-23-12-9-8-11-22(23)13-10-19-30(4)5/h8-9,11-12,20-21,25-27,29,31H,6-7,14-19H2,1-5H3/b24-20+/t21?,25?,26?,27?,28-/m0/s1. The predicted octanol–water partition coefficient (Wildman–Crippen LogP) is 4.95. The number of nitrogens with zero attached hydrogens (tertiary/aromatic N) is 1. The molecule has 170 valence electrons. The molecule has 3 nitrogen and oxygen atoms in total. The molecule has 0 amide bonds. The summed E-state index contributed by atoms with van der Waals surface area (Å²) in [6, 6.07) is 8.92. The van der Waals surface area contributed by atoms with E-state index in [-0.39, 0.29) is 11.5 Å². The van der Waals surface area contributed by atoms with E-state index in [2.05, 4.69) is 87.3 Å². The molecular formula is C28H42N2O. The first-order valence-corrected chi connectivity index (χ1v) is 12.2. The molecule has 0 aliphatic heterocycles. The van der Waals surface area contributed by atoms with Gasteiger partial charge >= 0.3 is 0 Å². The molecule has 2 saturated carbocycles. The Morgan fingerprint density at radius 2 is 2.03 bits per heavy atom. The maximum absolute atomic E-state index is 10.5. The zero-order valence-corrected chi connectivity index (χ0v) is 20.2. The lowest BCUT2D eigenvalue weighted by Crippen LogP contribution is -2.57. The topological polar surface area (TPSA) is 35.5 Å².